The lowest BCUT2D eigenvalue weighted by Crippen LogP contribution is -2.50. The fraction of sp³-hybridized carbons (Fsp3) is 0.462. The maximum Gasteiger partial charge on any atom is 0.261 e. The summed E-state index contributed by atoms with van der Waals surface area (Å²) in [6.07, 6.45) is 2.42. The predicted octanol–water partition coefficient (Wildman–Crippen LogP) is 4.41. The fourth-order valence-corrected chi connectivity index (χ4v) is 3.54. The average molecular weight is 441 g/mol. The van der Waals surface area contributed by atoms with Crippen molar-refractivity contribution in [2.24, 2.45) is 0 Å². The standard InChI is InChI=1S/C26H36N2O4/c1-6-8-15-27-26(30)23(7-2)28(17-21-10-12-22(31-5)13-11-21)25(29)18-32-24-14-9-19(3)16-20(24)4/h9-14,16,23H,6-8,15,17-18H2,1-5H3,(H,27,30). The summed E-state index contributed by atoms with van der Waals surface area (Å²) in [4.78, 5) is 27.8. The molecule has 0 spiro atoms. The van der Waals surface area contributed by atoms with Crippen molar-refractivity contribution in [3.63, 3.8) is 0 Å². The van der Waals surface area contributed by atoms with Gasteiger partial charge in [0.05, 0.1) is 7.11 Å². The molecule has 0 aliphatic heterocycles. The second-order valence-corrected chi connectivity index (χ2v) is 8.00. The van der Waals surface area contributed by atoms with Crippen molar-refractivity contribution < 1.29 is 19.1 Å². The minimum Gasteiger partial charge on any atom is -0.497 e. The van der Waals surface area contributed by atoms with E-state index in [4.69, 9.17) is 9.47 Å². The molecule has 0 saturated carbocycles. The molecule has 2 amide bonds. The Morgan fingerprint density at radius 2 is 1.78 bits per heavy atom. The molecule has 6 nitrogen and oxygen atoms in total. The molecule has 32 heavy (non-hydrogen) atoms. The van der Waals surface area contributed by atoms with Crippen LogP contribution >= 0.6 is 0 Å². The molecular weight excluding hydrogens is 404 g/mol. The van der Waals surface area contributed by atoms with E-state index in [0.29, 0.717) is 25.3 Å². The van der Waals surface area contributed by atoms with Crippen LogP contribution in [0.2, 0.25) is 0 Å². The van der Waals surface area contributed by atoms with Crippen molar-refractivity contribution in [2.45, 2.75) is 59.5 Å². The van der Waals surface area contributed by atoms with Crippen LogP contribution in [-0.2, 0) is 16.1 Å². The van der Waals surface area contributed by atoms with Gasteiger partial charge in [0.1, 0.15) is 17.5 Å². The Balaban J connectivity index is 2.19. The summed E-state index contributed by atoms with van der Waals surface area (Å²) in [7, 11) is 1.61. The molecule has 0 aliphatic rings. The molecule has 0 aromatic heterocycles. The van der Waals surface area contributed by atoms with Crippen LogP contribution in [0, 0.1) is 13.8 Å². The van der Waals surface area contributed by atoms with Crippen molar-refractivity contribution in [3.8, 4) is 11.5 Å². The first-order valence-corrected chi connectivity index (χ1v) is 11.3. The van der Waals surface area contributed by atoms with Gasteiger partial charge >= 0.3 is 0 Å². The number of benzene rings is 2. The summed E-state index contributed by atoms with van der Waals surface area (Å²) >= 11 is 0. The Hall–Kier alpha value is -3.02. The number of hydrogen-bond acceptors (Lipinski definition) is 4. The van der Waals surface area contributed by atoms with Crippen LogP contribution in [0.15, 0.2) is 42.5 Å². The quantitative estimate of drug-likeness (QED) is 0.496. The molecule has 0 heterocycles. The van der Waals surface area contributed by atoms with Crippen LogP contribution in [0.4, 0.5) is 0 Å². The molecule has 2 aromatic carbocycles. The molecule has 2 rings (SSSR count). The topological polar surface area (TPSA) is 67.9 Å². The third-order valence-corrected chi connectivity index (χ3v) is 5.41. The van der Waals surface area contributed by atoms with Crippen LogP contribution in [-0.4, -0.2) is 43.0 Å². The summed E-state index contributed by atoms with van der Waals surface area (Å²) in [6.45, 7) is 8.77. The SMILES string of the molecule is CCCCNC(=O)C(CC)N(Cc1ccc(OC)cc1)C(=O)COc1ccc(C)cc1C. The van der Waals surface area contributed by atoms with Gasteiger partial charge in [-0.25, -0.2) is 0 Å². The number of hydrogen-bond donors (Lipinski definition) is 1. The van der Waals surface area contributed by atoms with E-state index >= 15 is 0 Å². The van der Waals surface area contributed by atoms with Crippen molar-refractivity contribution in [1.82, 2.24) is 10.2 Å². The zero-order chi connectivity index (χ0) is 23.5. The Labute approximate surface area is 191 Å². The first-order valence-electron chi connectivity index (χ1n) is 11.3. The molecule has 0 radical (unpaired) electrons. The Kier molecular flexibility index (Phi) is 10.1. The molecule has 0 saturated heterocycles. The second kappa shape index (κ2) is 12.7. The normalized spacial score (nSPS) is 11.5. The van der Waals surface area contributed by atoms with E-state index in [9.17, 15) is 9.59 Å². The van der Waals surface area contributed by atoms with Crippen molar-refractivity contribution in [2.75, 3.05) is 20.3 Å². The van der Waals surface area contributed by atoms with Gasteiger partial charge in [-0.3, -0.25) is 9.59 Å². The number of amides is 2. The summed E-state index contributed by atoms with van der Waals surface area (Å²) < 4.78 is 11.1. The van der Waals surface area contributed by atoms with E-state index < -0.39 is 6.04 Å². The number of carbonyl (C=O) groups is 2. The van der Waals surface area contributed by atoms with Gasteiger partial charge in [-0.05, 0) is 56.0 Å². The second-order valence-electron chi connectivity index (χ2n) is 8.00. The van der Waals surface area contributed by atoms with E-state index in [1.165, 1.54) is 0 Å². The van der Waals surface area contributed by atoms with Gasteiger partial charge in [0.2, 0.25) is 5.91 Å². The summed E-state index contributed by atoms with van der Waals surface area (Å²) in [6, 6.07) is 12.8. The van der Waals surface area contributed by atoms with Crippen LogP contribution in [0.5, 0.6) is 11.5 Å². The highest BCUT2D eigenvalue weighted by Crippen LogP contribution is 2.20. The molecule has 2 aromatic rings. The molecule has 0 aliphatic carbocycles. The van der Waals surface area contributed by atoms with E-state index in [2.05, 4.69) is 12.2 Å². The Bertz CT molecular complexity index is 880. The highest BCUT2D eigenvalue weighted by Gasteiger charge is 2.28. The van der Waals surface area contributed by atoms with Crippen molar-refractivity contribution >= 4 is 11.8 Å². The number of unbranched alkanes of at least 4 members (excludes halogenated alkanes) is 1. The minimum atomic E-state index is -0.566. The number of aryl methyl sites for hydroxylation is 2. The predicted molar refractivity (Wildman–Crippen MR) is 127 cm³/mol. The summed E-state index contributed by atoms with van der Waals surface area (Å²) in [5.41, 5.74) is 3.03. The van der Waals surface area contributed by atoms with Crippen LogP contribution in [0.3, 0.4) is 0 Å². The number of ether oxygens (including phenoxy) is 2. The monoisotopic (exact) mass is 440 g/mol. The number of nitrogens with zero attached hydrogens (tertiary/aromatic N) is 1. The largest absolute Gasteiger partial charge is 0.497 e. The molecule has 1 atom stereocenters. The van der Waals surface area contributed by atoms with Gasteiger partial charge in [-0.2, -0.15) is 0 Å². The lowest BCUT2D eigenvalue weighted by molar-refractivity contribution is -0.143. The van der Waals surface area contributed by atoms with E-state index in [1.807, 2.05) is 63.2 Å². The lowest BCUT2D eigenvalue weighted by atomic mass is 10.1. The van der Waals surface area contributed by atoms with Gasteiger partial charge in [0, 0.05) is 13.1 Å². The highest BCUT2D eigenvalue weighted by atomic mass is 16.5. The third kappa shape index (κ3) is 7.29. The number of carbonyl (C=O) groups excluding carboxylic acids is 2. The van der Waals surface area contributed by atoms with Crippen LogP contribution in [0.1, 0.15) is 49.8 Å². The number of rotatable bonds is 12. The van der Waals surface area contributed by atoms with Crippen LogP contribution in [0.25, 0.3) is 0 Å². The smallest absolute Gasteiger partial charge is 0.261 e. The third-order valence-electron chi connectivity index (χ3n) is 5.41. The number of methoxy groups -OCH3 is 1. The maximum atomic E-state index is 13.3. The first-order chi connectivity index (χ1) is 15.4. The summed E-state index contributed by atoms with van der Waals surface area (Å²) in [5, 5.41) is 2.97. The molecule has 6 heteroatoms. The van der Waals surface area contributed by atoms with Crippen molar-refractivity contribution in [1.29, 1.82) is 0 Å². The molecule has 1 unspecified atom stereocenters. The average Bonchev–Trinajstić information content (AvgIpc) is 2.78. The van der Waals surface area contributed by atoms with Gasteiger partial charge in [0.15, 0.2) is 6.61 Å². The lowest BCUT2D eigenvalue weighted by Gasteiger charge is -2.30. The first kappa shape index (κ1) is 25.2. The minimum absolute atomic E-state index is 0.126. The van der Waals surface area contributed by atoms with E-state index in [0.717, 1.165) is 35.3 Å². The molecule has 174 valence electrons. The molecule has 0 fully saturated rings. The zero-order valence-corrected chi connectivity index (χ0v) is 19.9. The number of nitrogens with one attached hydrogen (secondary N) is 1. The molecular formula is C26H36N2O4. The zero-order valence-electron chi connectivity index (χ0n) is 19.9. The van der Waals surface area contributed by atoms with Crippen molar-refractivity contribution in [3.05, 3.63) is 59.2 Å². The van der Waals surface area contributed by atoms with Gasteiger partial charge in [-0.1, -0.05) is 50.1 Å². The van der Waals surface area contributed by atoms with Gasteiger partial charge < -0.3 is 19.7 Å². The van der Waals surface area contributed by atoms with Gasteiger partial charge in [-0.15, -0.1) is 0 Å². The van der Waals surface area contributed by atoms with E-state index in [-0.39, 0.29) is 18.4 Å². The summed E-state index contributed by atoms with van der Waals surface area (Å²) in [5.74, 6) is 1.07. The Morgan fingerprint density at radius 3 is 2.38 bits per heavy atom. The van der Waals surface area contributed by atoms with E-state index in [1.54, 1.807) is 12.0 Å². The fourth-order valence-electron chi connectivity index (χ4n) is 3.54. The molecule has 1 N–H and O–H groups in total. The highest BCUT2D eigenvalue weighted by molar-refractivity contribution is 5.88. The van der Waals surface area contributed by atoms with Gasteiger partial charge in [0.25, 0.3) is 5.91 Å². The van der Waals surface area contributed by atoms with Crippen LogP contribution < -0.4 is 14.8 Å². The maximum absolute atomic E-state index is 13.3. The molecule has 0 bridgehead atoms. The Morgan fingerprint density at radius 1 is 1.06 bits per heavy atom.